The molecule has 2 nitrogen and oxygen atoms in total. The standard InChI is InChI=1S/C35H68O2/c1-4-7-10-12-14-16-18-20-22-24-26-29-32-34(35(36)37)33(30-27-9-6-3)31-28-25-23-21-19-17-15-13-11-8-5-2/h6,33-34H,3-5,7-32H2,1-2H3,(H,36,37). The van der Waals surface area contributed by atoms with Crippen LogP contribution in [0.4, 0.5) is 0 Å². The molecule has 0 aromatic rings. The molecule has 0 aromatic heterocycles. The molecular formula is C35H68O2. The van der Waals surface area contributed by atoms with Gasteiger partial charge in [0.25, 0.3) is 0 Å². The molecule has 0 saturated heterocycles. The number of carboxylic acids is 1. The van der Waals surface area contributed by atoms with E-state index in [0.717, 1.165) is 38.5 Å². The van der Waals surface area contributed by atoms with E-state index in [4.69, 9.17) is 0 Å². The Morgan fingerprint density at radius 1 is 0.541 bits per heavy atom. The molecule has 0 aliphatic rings. The fourth-order valence-corrected chi connectivity index (χ4v) is 5.91. The molecule has 2 atom stereocenters. The first-order valence-corrected chi connectivity index (χ1v) is 17.0. The van der Waals surface area contributed by atoms with Crippen LogP contribution in [0.1, 0.15) is 194 Å². The summed E-state index contributed by atoms with van der Waals surface area (Å²) in [6, 6.07) is 0. The summed E-state index contributed by atoms with van der Waals surface area (Å²) >= 11 is 0. The van der Waals surface area contributed by atoms with E-state index in [1.54, 1.807) is 0 Å². The Bertz CT molecular complexity index is 472. The third-order valence-corrected chi connectivity index (χ3v) is 8.42. The molecule has 2 heteroatoms. The highest BCUT2D eigenvalue weighted by atomic mass is 16.4. The van der Waals surface area contributed by atoms with Crippen molar-refractivity contribution >= 4 is 5.97 Å². The van der Waals surface area contributed by atoms with Gasteiger partial charge in [-0.2, -0.15) is 0 Å². The summed E-state index contributed by atoms with van der Waals surface area (Å²) in [4.78, 5) is 12.2. The average Bonchev–Trinajstić information content (AvgIpc) is 2.89. The van der Waals surface area contributed by atoms with Crippen molar-refractivity contribution in [3.8, 4) is 0 Å². The molecule has 37 heavy (non-hydrogen) atoms. The molecule has 220 valence electrons. The topological polar surface area (TPSA) is 37.3 Å². The van der Waals surface area contributed by atoms with Crippen LogP contribution in [0.2, 0.25) is 0 Å². The summed E-state index contributed by atoms with van der Waals surface area (Å²) in [6.45, 7) is 8.42. The monoisotopic (exact) mass is 521 g/mol. The molecule has 0 radical (unpaired) electrons. The first kappa shape index (κ1) is 36.2. The number of hydrogen-bond donors (Lipinski definition) is 1. The molecule has 0 fully saturated rings. The largest absolute Gasteiger partial charge is 0.481 e. The van der Waals surface area contributed by atoms with Crippen LogP contribution in [0, 0.1) is 11.8 Å². The van der Waals surface area contributed by atoms with Gasteiger partial charge in [0.1, 0.15) is 0 Å². The van der Waals surface area contributed by atoms with E-state index in [0.29, 0.717) is 5.92 Å². The fraction of sp³-hybridized carbons (Fsp3) is 0.914. The Morgan fingerprint density at radius 2 is 0.865 bits per heavy atom. The first-order chi connectivity index (χ1) is 18.2. The zero-order chi connectivity index (χ0) is 27.2. The van der Waals surface area contributed by atoms with Gasteiger partial charge in [-0.1, -0.05) is 168 Å². The highest BCUT2D eigenvalue weighted by Gasteiger charge is 2.26. The quantitative estimate of drug-likeness (QED) is 0.0728. The number of rotatable bonds is 31. The van der Waals surface area contributed by atoms with E-state index in [9.17, 15) is 9.90 Å². The van der Waals surface area contributed by atoms with Crippen LogP contribution in [0.15, 0.2) is 12.7 Å². The summed E-state index contributed by atoms with van der Waals surface area (Å²) in [6.07, 6.45) is 38.0. The molecule has 1 N–H and O–H groups in total. The highest BCUT2D eigenvalue weighted by Crippen LogP contribution is 2.30. The van der Waals surface area contributed by atoms with E-state index in [1.165, 1.54) is 141 Å². The maximum Gasteiger partial charge on any atom is 0.306 e. The van der Waals surface area contributed by atoms with E-state index >= 15 is 0 Å². The Kier molecular flexibility index (Phi) is 29.1. The summed E-state index contributed by atoms with van der Waals surface area (Å²) in [5, 5.41) is 10.0. The van der Waals surface area contributed by atoms with Gasteiger partial charge in [0.15, 0.2) is 0 Å². The van der Waals surface area contributed by atoms with Crippen molar-refractivity contribution in [3.05, 3.63) is 12.7 Å². The molecule has 0 spiro atoms. The van der Waals surface area contributed by atoms with Crippen LogP contribution in [0.3, 0.4) is 0 Å². The molecular weight excluding hydrogens is 452 g/mol. The van der Waals surface area contributed by atoms with Crippen molar-refractivity contribution in [1.29, 1.82) is 0 Å². The molecule has 2 unspecified atom stereocenters. The van der Waals surface area contributed by atoms with Crippen LogP contribution in [0.5, 0.6) is 0 Å². The summed E-state index contributed by atoms with van der Waals surface area (Å²) in [7, 11) is 0. The lowest BCUT2D eigenvalue weighted by Gasteiger charge is -2.24. The number of hydrogen-bond acceptors (Lipinski definition) is 1. The molecule has 0 saturated carbocycles. The zero-order valence-electron chi connectivity index (χ0n) is 25.6. The van der Waals surface area contributed by atoms with Crippen molar-refractivity contribution in [1.82, 2.24) is 0 Å². The van der Waals surface area contributed by atoms with Gasteiger partial charge in [-0.3, -0.25) is 4.79 Å². The Labute approximate surface area is 233 Å². The minimum atomic E-state index is -0.547. The number of carbonyl (C=O) groups is 1. The summed E-state index contributed by atoms with van der Waals surface area (Å²) in [5.74, 6) is -0.338. The third kappa shape index (κ3) is 25.3. The van der Waals surface area contributed by atoms with Gasteiger partial charge in [-0.15, -0.1) is 6.58 Å². The lowest BCUT2D eigenvalue weighted by molar-refractivity contribution is -0.144. The predicted molar refractivity (Wildman–Crippen MR) is 165 cm³/mol. The first-order valence-electron chi connectivity index (χ1n) is 17.0. The molecule has 0 aliphatic heterocycles. The van der Waals surface area contributed by atoms with E-state index in [1.807, 2.05) is 6.08 Å². The summed E-state index contributed by atoms with van der Waals surface area (Å²) in [5.41, 5.74) is 0. The minimum Gasteiger partial charge on any atom is -0.481 e. The second-order valence-corrected chi connectivity index (χ2v) is 11.9. The highest BCUT2D eigenvalue weighted by molar-refractivity contribution is 5.70. The van der Waals surface area contributed by atoms with Gasteiger partial charge >= 0.3 is 5.97 Å². The van der Waals surface area contributed by atoms with Crippen LogP contribution >= 0.6 is 0 Å². The van der Waals surface area contributed by atoms with Crippen LogP contribution in [-0.4, -0.2) is 11.1 Å². The average molecular weight is 521 g/mol. The molecule has 0 heterocycles. The Balaban J connectivity index is 4.07. The van der Waals surface area contributed by atoms with Gasteiger partial charge in [-0.05, 0) is 38.0 Å². The zero-order valence-corrected chi connectivity index (χ0v) is 25.6. The fourth-order valence-electron chi connectivity index (χ4n) is 5.91. The van der Waals surface area contributed by atoms with Gasteiger partial charge in [0, 0.05) is 0 Å². The molecule has 0 aliphatic carbocycles. The molecule has 0 bridgehead atoms. The van der Waals surface area contributed by atoms with Crippen LogP contribution in [0.25, 0.3) is 0 Å². The molecule has 0 amide bonds. The summed E-state index contributed by atoms with van der Waals surface area (Å²) < 4.78 is 0. The maximum absolute atomic E-state index is 12.2. The number of unbranched alkanes of at least 4 members (excludes halogenated alkanes) is 22. The van der Waals surface area contributed by atoms with Crippen LogP contribution < -0.4 is 0 Å². The smallest absolute Gasteiger partial charge is 0.306 e. The molecule has 0 rings (SSSR count). The van der Waals surface area contributed by atoms with Gasteiger partial charge in [0.05, 0.1) is 5.92 Å². The van der Waals surface area contributed by atoms with E-state index in [2.05, 4.69) is 20.4 Å². The van der Waals surface area contributed by atoms with Crippen molar-refractivity contribution in [3.63, 3.8) is 0 Å². The minimum absolute atomic E-state index is 0.143. The number of aliphatic carboxylic acids is 1. The van der Waals surface area contributed by atoms with E-state index in [-0.39, 0.29) is 5.92 Å². The van der Waals surface area contributed by atoms with Gasteiger partial charge in [-0.25, -0.2) is 0 Å². The Morgan fingerprint density at radius 3 is 1.22 bits per heavy atom. The molecule has 0 aromatic carbocycles. The Hall–Kier alpha value is -0.790. The SMILES string of the molecule is C=CCCCC(CCCCCCCCCCCCC)C(CCCCCCCCCCCCCC)C(=O)O. The van der Waals surface area contributed by atoms with Gasteiger partial charge in [0.2, 0.25) is 0 Å². The van der Waals surface area contributed by atoms with Crippen molar-refractivity contribution in [2.45, 2.75) is 194 Å². The second kappa shape index (κ2) is 29.8. The van der Waals surface area contributed by atoms with Crippen molar-refractivity contribution in [2.24, 2.45) is 11.8 Å². The lowest BCUT2D eigenvalue weighted by Crippen LogP contribution is -2.24. The number of carboxylic acid groups (broad SMARTS) is 1. The maximum atomic E-state index is 12.2. The second-order valence-electron chi connectivity index (χ2n) is 11.9. The van der Waals surface area contributed by atoms with E-state index < -0.39 is 5.97 Å². The van der Waals surface area contributed by atoms with Crippen molar-refractivity contribution < 1.29 is 9.90 Å². The predicted octanol–water partition coefficient (Wildman–Crippen LogP) is 12.5. The lowest BCUT2D eigenvalue weighted by atomic mass is 9.80. The number of allylic oxidation sites excluding steroid dienone is 1. The third-order valence-electron chi connectivity index (χ3n) is 8.42. The van der Waals surface area contributed by atoms with Gasteiger partial charge < -0.3 is 5.11 Å². The van der Waals surface area contributed by atoms with Crippen molar-refractivity contribution in [2.75, 3.05) is 0 Å². The normalized spacial score (nSPS) is 13.0. The van der Waals surface area contributed by atoms with Crippen LogP contribution in [-0.2, 0) is 4.79 Å².